The van der Waals surface area contributed by atoms with Crippen LogP contribution in [0.5, 0.6) is 0 Å². The monoisotopic (exact) mass is 451 g/mol. The van der Waals surface area contributed by atoms with E-state index in [9.17, 15) is 13.2 Å². The van der Waals surface area contributed by atoms with Crippen molar-refractivity contribution in [1.29, 1.82) is 0 Å². The standard InChI is InChI=1S/C25H29N3O3S/c1-18-5-10-22(11-6-18)27-32(30,31)23-14-7-19(2)24(17-23)25(29)26-21-12-8-20(9-13-21)15-16-28(3)4/h5-14,17,27H,15-16H2,1-4H3,(H,26,29). The maximum Gasteiger partial charge on any atom is 0.261 e. The predicted molar refractivity (Wildman–Crippen MR) is 130 cm³/mol. The van der Waals surface area contributed by atoms with E-state index in [1.165, 1.54) is 17.7 Å². The van der Waals surface area contributed by atoms with E-state index >= 15 is 0 Å². The van der Waals surface area contributed by atoms with Gasteiger partial charge in [-0.1, -0.05) is 35.9 Å². The highest BCUT2D eigenvalue weighted by Crippen LogP contribution is 2.21. The third kappa shape index (κ3) is 6.18. The molecule has 0 bridgehead atoms. The average molecular weight is 452 g/mol. The van der Waals surface area contributed by atoms with Crippen molar-refractivity contribution in [3.63, 3.8) is 0 Å². The minimum absolute atomic E-state index is 0.0351. The molecule has 0 saturated carbocycles. The summed E-state index contributed by atoms with van der Waals surface area (Å²) >= 11 is 0. The summed E-state index contributed by atoms with van der Waals surface area (Å²) in [6, 6.07) is 19.3. The van der Waals surface area contributed by atoms with Gasteiger partial charge in [-0.2, -0.15) is 0 Å². The highest BCUT2D eigenvalue weighted by molar-refractivity contribution is 7.92. The number of hydrogen-bond donors (Lipinski definition) is 2. The molecular weight excluding hydrogens is 422 g/mol. The lowest BCUT2D eigenvalue weighted by molar-refractivity contribution is 0.102. The molecule has 3 rings (SSSR count). The van der Waals surface area contributed by atoms with Crippen LogP contribution in [-0.2, 0) is 16.4 Å². The van der Waals surface area contributed by atoms with Crippen molar-refractivity contribution < 1.29 is 13.2 Å². The van der Waals surface area contributed by atoms with Crippen LogP contribution < -0.4 is 10.0 Å². The first-order valence-electron chi connectivity index (χ1n) is 10.4. The Labute approximate surface area is 190 Å². The van der Waals surface area contributed by atoms with Crippen LogP contribution in [0.3, 0.4) is 0 Å². The number of nitrogens with one attached hydrogen (secondary N) is 2. The predicted octanol–water partition coefficient (Wildman–Crippen LogP) is 4.46. The quantitative estimate of drug-likeness (QED) is 0.530. The summed E-state index contributed by atoms with van der Waals surface area (Å²) in [6.07, 6.45) is 0.925. The lowest BCUT2D eigenvalue weighted by atomic mass is 10.1. The molecule has 7 heteroatoms. The summed E-state index contributed by atoms with van der Waals surface area (Å²) in [6.45, 7) is 4.66. The molecule has 0 aliphatic carbocycles. The number of carbonyl (C=O) groups is 1. The molecule has 32 heavy (non-hydrogen) atoms. The molecule has 0 unspecified atom stereocenters. The molecule has 0 aliphatic heterocycles. The Kier molecular flexibility index (Phi) is 7.33. The second-order valence-electron chi connectivity index (χ2n) is 8.15. The molecule has 0 spiro atoms. The first-order chi connectivity index (χ1) is 15.1. The van der Waals surface area contributed by atoms with Gasteiger partial charge in [0.15, 0.2) is 0 Å². The second kappa shape index (κ2) is 9.97. The first-order valence-corrected chi connectivity index (χ1v) is 11.9. The van der Waals surface area contributed by atoms with E-state index in [4.69, 9.17) is 0 Å². The lowest BCUT2D eigenvalue weighted by Crippen LogP contribution is -2.17. The zero-order valence-corrected chi connectivity index (χ0v) is 19.7. The Balaban J connectivity index is 1.76. The van der Waals surface area contributed by atoms with Crippen molar-refractivity contribution in [3.05, 3.63) is 89.0 Å². The average Bonchev–Trinajstić information content (AvgIpc) is 2.74. The molecular formula is C25H29N3O3S. The fourth-order valence-electron chi connectivity index (χ4n) is 3.15. The highest BCUT2D eigenvalue weighted by Gasteiger charge is 2.18. The third-order valence-corrected chi connectivity index (χ3v) is 6.51. The van der Waals surface area contributed by atoms with Gasteiger partial charge in [0, 0.05) is 23.5 Å². The van der Waals surface area contributed by atoms with Crippen LogP contribution in [0.1, 0.15) is 27.0 Å². The molecule has 3 aromatic rings. The Morgan fingerprint density at radius 1 is 0.875 bits per heavy atom. The number of sulfonamides is 1. The molecule has 3 aromatic carbocycles. The van der Waals surface area contributed by atoms with Crippen molar-refractivity contribution in [2.45, 2.75) is 25.2 Å². The van der Waals surface area contributed by atoms with E-state index in [-0.39, 0.29) is 10.8 Å². The first kappa shape index (κ1) is 23.5. The summed E-state index contributed by atoms with van der Waals surface area (Å²) in [5.74, 6) is -0.351. The molecule has 2 N–H and O–H groups in total. The summed E-state index contributed by atoms with van der Waals surface area (Å²) in [5, 5.41) is 2.86. The number of aryl methyl sites for hydroxylation is 2. The summed E-state index contributed by atoms with van der Waals surface area (Å²) in [4.78, 5) is 15.0. The van der Waals surface area contributed by atoms with Gasteiger partial charge in [0.25, 0.3) is 15.9 Å². The number of likely N-dealkylation sites (N-methyl/N-ethyl adjacent to an activating group) is 1. The zero-order chi connectivity index (χ0) is 23.3. The number of carbonyl (C=O) groups excluding carboxylic acids is 1. The molecule has 1 amide bonds. The summed E-state index contributed by atoms with van der Waals surface area (Å²) in [7, 11) is 0.234. The molecule has 6 nitrogen and oxygen atoms in total. The van der Waals surface area contributed by atoms with Gasteiger partial charge in [0.2, 0.25) is 0 Å². The van der Waals surface area contributed by atoms with Gasteiger partial charge < -0.3 is 10.2 Å². The topological polar surface area (TPSA) is 78.5 Å². The molecule has 168 valence electrons. The molecule has 0 radical (unpaired) electrons. The van der Waals surface area contributed by atoms with E-state index in [0.29, 0.717) is 22.5 Å². The molecule has 0 atom stereocenters. The second-order valence-corrected chi connectivity index (χ2v) is 9.83. The van der Waals surface area contributed by atoms with E-state index < -0.39 is 10.0 Å². The Hall–Kier alpha value is -3.16. The third-order valence-electron chi connectivity index (χ3n) is 5.13. The van der Waals surface area contributed by atoms with Gasteiger partial charge >= 0.3 is 0 Å². The maximum atomic E-state index is 12.9. The normalized spacial score (nSPS) is 11.4. The van der Waals surface area contributed by atoms with Crippen molar-refractivity contribution in [3.8, 4) is 0 Å². The molecule has 0 aromatic heterocycles. The van der Waals surface area contributed by atoms with Crippen LogP contribution in [-0.4, -0.2) is 39.9 Å². The minimum atomic E-state index is -3.82. The summed E-state index contributed by atoms with van der Waals surface area (Å²) < 4.78 is 28.2. The van der Waals surface area contributed by atoms with Crippen molar-refractivity contribution in [2.75, 3.05) is 30.7 Å². The molecule has 0 saturated heterocycles. The number of hydrogen-bond acceptors (Lipinski definition) is 4. The Morgan fingerprint density at radius 2 is 1.50 bits per heavy atom. The van der Waals surface area contributed by atoms with Crippen LogP contribution in [0.4, 0.5) is 11.4 Å². The van der Waals surface area contributed by atoms with Crippen molar-refractivity contribution in [2.24, 2.45) is 0 Å². The van der Waals surface area contributed by atoms with Crippen molar-refractivity contribution in [1.82, 2.24) is 4.90 Å². The van der Waals surface area contributed by atoms with Crippen LogP contribution in [0.2, 0.25) is 0 Å². The summed E-state index contributed by atoms with van der Waals surface area (Å²) in [5.41, 5.74) is 4.36. The van der Waals surface area contributed by atoms with Gasteiger partial charge in [0.1, 0.15) is 0 Å². The largest absolute Gasteiger partial charge is 0.322 e. The van der Waals surface area contributed by atoms with Gasteiger partial charge in [-0.05, 0) is 81.9 Å². The fraction of sp³-hybridized carbons (Fsp3) is 0.240. The SMILES string of the molecule is Cc1ccc(NS(=O)(=O)c2ccc(C)c(C(=O)Nc3ccc(CCN(C)C)cc3)c2)cc1. The van der Waals surface area contributed by atoms with Crippen LogP contribution in [0.15, 0.2) is 71.6 Å². The molecule has 0 aliphatic rings. The highest BCUT2D eigenvalue weighted by atomic mass is 32.2. The van der Waals surface area contributed by atoms with Gasteiger partial charge in [-0.15, -0.1) is 0 Å². The minimum Gasteiger partial charge on any atom is -0.322 e. The smallest absolute Gasteiger partial charge is 0.261 e. The van der Waals surface area contributed by atoms with E-state index in [1.54, 1.807) is 25.1 Å². The number of rotatable bonds is 8. The number of anilines is 2. The molecule has 0 heterocycles. The van der Waals surface area contributed by atoms with Crippen molar-refractivity contribution >= 4 is 27.3 Å². The van der Waals surface area contributed by atoms with E-state index in [2.05, 4.69) is 14.9 Å². The Morgan fingerprint density at radius 3 is 2.12 bits per heavy atom. The fourth-order valence-corrected chi connectivity index (χ4v) is 4.24. The Bertz CT molecular complexity index is 1190. The van der Waals surface area contributed by atoms with Gasteiger partial charge in [-0.25, -0.2) is 8.42 Å². The number of benzene rings is 3. The van der Waals surface area contributed by atoms with E-state index in [1.807, 2.05) is 57.4 Å². The van der Waals surface area contributed by atoms with Crippen LogP contribution in [0.25, 0.3) is 0 Å². The van der Waals surface area contributed by atoms with Crippen LogP contribution in [0, 0.1) is 13.8 Å². The van der Waals surface area contributed by atoms with Gasteiger partial charge in [-0.3, -0.25) is 9.52 Å². The number of amides is 1. The number of nitrogens with zero attached hydrogens (tertiary/aromatic N) is 1. The van der Waals surface area contributed by atoms with Crippen LogP contribution >= 0.6 is 0 Å². The molecule has 0 fully saturated rings. The maximum absolute atomic E-state index is 12.9. The van der Waals surface area contributed by atoms with E-state index in [0.717, 1.165) is 18.5 Å². The zero-order valence-electron chi connectivity index (χ0n) is 18.8. The lowest BCUT2D eigenvalue weighted by Gasteiger charge is -2.13. The van der Waals surface area contributed by atoms with Gasteiger partial charge in [0.05, 0.1) is 4.90 Å².